The van der Waals surface area contributed by atoms with E-state index in [4.69, 9.17) is 11.6 Å². The first-order chi connectivity index (χ1) is 7.09. The van der Waals surface area contributed by atoms with Crippen molar-refractivity contribution in [3.8, 4) is 0 Å². The number of anilines is 1. The summed E-state index contributed by atoms with van der Waals surface area (Å²) in [6.07, 6.45) is 0.397. The summed E-state index contributed by atoms with van der Waals surface area (Å²) in [5.41, 5.74) is 0.851. The van der Waals surface area contributed by atoms with E-state index in [2.05, 4.69) is 5.32 Å². The fraction of sp³-hybridized carbons (Fsp3) is 0.200. The number of ketones is 1. The third-order valence-electron chi connectivity index (χ3n) is 2.30. The van der Waals surface area contributed by atoms with Gasteiger partial charge in [0.2, 0.25) is 0 Å². The van der Waals surface area contributed by atoms with Crippen molar-refractivity contribution in [3.05, 3.63) is 28.3 Å². The molecule has 0 aromatic heterocycles. The van der Waals surface area contributed by atoms with Gasteiger partial charge in [0.05, 0.1) is 11.0 Å². The predicted octanol–water partition coefficient (Wildman–Crippen LogP) is 0.702. The molecule has 1 N–H and O–H groups in total. The molecule has 1 aromatic rings. The van der Waals surface area contributed by atoms with E-state index < -0.39 is 5.97 Å². The van der Waals surface area contributed by atoms with Gasteiger partial charge in [-0.2, -0.15) is 0 Å². The number of benzene rings is 1. The summed E-state index contributed by atoms with van der Waals surface area (Å²) in [5.74, 6) is -1.38. The van der Waals surface area contributed by atoms with Crippen LogP contribution in [0.1, 0.15) is 27.1 Å². The highest BCUT2D eigenvalue weighted by Crippen LogP contribution is 2.28. The van der Waals surface area contributed by atoms with Crippen molar-refractivity contribution in [2.75, 3.05) is 11.9 Å². The van der Waals surface area contributed by atoms with Crippen LogP contribution in [0.3, 0.4) is 0 Å². The van der Waals surface area contributed by atoms with Crippen molar-refractivity contribution in [2.45, 2.75) is 6.42 Å². The summed E-state index contributed by atoms with van der Waals surface area (Å²) in [6.45, 7) is 0.514. The van der Waals surface area contributed by atoms with Crippen molar-refractivity contribution in [3.63, 3.8) is 0 Å². The molecular weight excluding hydrogens is 218 g/mol. The molecule has 0 fully saturated rings. The van der Waals surface area contributed by atoms with Crippen LogP contribution in [0.5, 0.6) is 0 Å². The van der Waals surface area contributed by atoms with Crippen molar-refractivity contribution in [2.24, 2.45) is 0 Å². The van der Waals surface area contributed by atoms with E-state index in [9.17, 15) is 14.7 Å². The average molecular weight is 225 g/mol. The molecule has 2 rings (SSSR count). The average Bonchev–Trinajstić information content (AvgIpc) is 2.18. The van der Waals surface area contributed by atoms with Crippen molar-refractivity contribution in [1.82, 2.24) is 0 Å². The van der Waals surface area contributed by atoms with Gasteiger partial charge in [0.15, 0.2) is 5.78 Å². The molecule has 0 aliphatic carbocycles. The highest BCUT2D eigenvalue weighted by Gasteiger charge is 2.18. The Bertz CT molecular complexity index is 456. The number of rotatable bonds is 1. The number of hydrogen-bond donors (Lipinski definition) is 1. The van der Waals surface area contributed by atoms with Crippen LogP contribution in [0.4, 0.5) is 5.69 Å². The number of carbonyl (C=O) groups is 2. The molecule has 4 nitrogen and oxygen atoms in total. The Hall–Kier alpha value is -1.55. The predicted molar refractivity (Wildman–Crippen MR) is 53.2 cm³/mol. The SMILES string of the molecule is O=C([O-])c1cc2c(cc1Cl)C(=O)CCN2. The van der Waals surface area contributed by atoms with E-state index in [0.717, 1.165) is 0 Å². The molecule has 15 heavy (non-hydrogen) atoms. The molecule has 0 spiro atoms. The standard InChI is InChI=1S/C10H8ClNO3/c11-7-3-6-8(4-5(7)10(14)15)12-2-1-9(6)13/h3-4,12H,1-2H2,(H,14,15)/p-1. The number of Topliss-reactive ketones (excluding diaryl/α,β-unsaturated/α-hetero) is 1. The third kappa shape index (κ3) is 1.68. The normalized spacial score (nSPS) is 14.3. The van der Waals surface area contributed by atoms with Crippen LogP contribution >= 0.6 is 11.6 Å². The molecule has 78 valence electrons. The van der Waals surface area contributed by atoms with Crippen LogP contribution in [-0.4, -0.2) is 18.3 Å². The molecule has 0 saturated carbocycles. The van der Waals surface area contributed by atoms with Gasteiger partial charge in [0, 0.05) is 29.8 Å². The number of carboxylic acids is 1. The Labute approximate surface area is 90.9 Å². The first-order valence-corrected chi connectivity index (χ1v) is 4.79. The zero-order chi connectivity index (χ0) is 11.0. The molecule has 1 heterocycles. The lowest BCUT2D eigenvalue weighted by Crippen LogP contribution is -2.24. The first-order valence-electron chi connectivity index (χ1n) is 4.41. The van der Waals surface area contributed by atoms with Crippen LogP contribution in [0.25, 0.3) is 0 Å². The number of nitrogens with one attached hydrogen (secondary N) is 1. The van der Waals surface area contributed by atoms with Crippen molar-refractivity contribution in [1.29, 1.82) is 0 Å². The molecular formula is C10H7ClNO3-. The minimum Gasteiger partial charge on any atom is -0.545 e. The van der Waals surface area contributed by atoms with Crippen LogP contribution in [0.2, 0.25) is 5.02 Å². The number of carbonyl (C=O) groups excluding carboxylic acids is 2. The highest BCUT2D eigenvalue weighted by atomic mass is 35.5. The number of hydrogen-bond acceptors (Lipinski definition) is 4. The van der Waals surface area contributed by atoms with E-state index in [1.165, 1.54) is 12.1 Å². The molecule has 1 aromatic carbocycles. The fourth-order valence-corrected chi connectivity index (χ4v) is 1.79. The Kier molecular flexibility index (Phi) is 2.36. The van der Waals surface area contributed by atoms with Crippen LogP contribution < -0.4 is 10.4 Å². The second-order valence-electron chi connectivity index (χ2n) is 3.27. The lowest BCUT2D eigenvalue weighted by molar-refractivity contribution is -0.255. The van der Waals surface area contributed by atoms with E-state index in [1.807, 2.05) is 0 Å². The van der Waals surface area contributed by atoms with Gasteiger partial charge in [-0.05, 0) is 12.1 Å². The molecule has 1 aliphatic heterocycles. The summed E-state index contributed by atoms with van der Waals surface area (Å²) in [5, 5.41) is 13.7. The Morgan fingerprint density at radius 3 is 2.87 bits per heavy atom. The molecule has 0 saturated heterocycles. The highest BCUT2D eigenvalue weighted by molar-refractivity contribution is 6.34. The lowest BCUT2D eigenvalue weighted by atomic mass is 10.00. The zero-order valence-electron chi connectivity index (χ0n) is 7.67. The van der Waals surface area contributed by atoms with Crippen LogP contribution in [0, 0.1) is 0 Å². The maximum atomic E-state index is 11.5. The second-order valence-corrected chi connectivity index (χ2v) is 3.67. The third-order valence-corrected chi connectivity index (χ3v) is 2.61. The molecule has 0 unspecified atom stereocenters. The van der Waals surface area contributed by atoms with Gasteiger partial charge in [-0.25, -0.2) is 0 Å². The van der Waals surface area contributed by atoms with Gasteiger partial charge < -0.3 is 15.2 Å². The minimum absolute atomic E-state index is 0.0319. The molecule has 0 amide bonds. The van der Waals surface area contributed by atoms with Gasteiger partial charge in [-0.15, -0.1) is 0 Å². The van der Waals surface area contributed by atoms with Gasteiger partial charge >= 0.3 is 0 Å². The Balaban J connectivity index is 2.59. The van der Waals surface area contributed by atoms with Crippen molar-refractivity contribution < 1.29 is 14.7 Å². The number of aromatic carboxylic acids is 1. The molecule has 0 radical (unpaired) electrons. The first kappa shape index (κ1) is 9.98. The smallest absolute Gasteiger partial charge is 0.166 e. The topological polar surface area (TPSA) is 69.2 Å². The summed E-state index contributed by atoms with van der Waals surface area (Å²) in [6, 6.07) is 2.71. The summed E-state index contributed by atoms with van der Waals surface area (Å²) in [4.78, 5) is 22.1. The molecule has 5 heteroatoms. The van der Waals surface area contributed by atoms with Gasteiger partial charge in [-0.3, -0.25) is 4.79 Å². The van der Waals surface area contributed by atoms with Gasteiger partial charge in [-0.1, -0.05) is 11.6 Å². The maximum absolute atomic E-state index is 11.5. The zero-order valence-corrected chi connectivity index (χ0v) is 8.43. The summed E-state index contributed by atoms with van der Waals surface area (Å²) >= 11 is 5.72. The Morgan fingerprint density at radius 2 is 2.20 bits per heavy atom. The second kappa shape index (κ2) is 3.55. The van der Waals surface area contributed by atoms with Crippen molar-refractivity contribution >= 4 is 29.0 Å². The Morgan fingerprint density at radius 1 is 1.47 bits per heavy atom. The van der Waals surface area contributed by atoms with E-state index in [1.54, 1.807) is 0 Å². The van der Waals surface area contributed by atoms with Crippen LogP contribution in [-0.2, 0) is 0 Å². The largest absolute Gasteiger partial charge is 0.545 e. The van der Waals surface area contributed by atoms with E-state index >= 15 is 0 Å². The lowest BCUT2D eigenvalue weighted by Gasteiger charge is -2.19. The van der Waals surface area contributed by atoms with Gasteiger partial charge in [0.1, 0.15) is 0 Å². The monoisotopic (exact) mass is 224 g/mol. The number of halogens is 1. The van der Waals surface area contributed by atoms with Gasteiger partial charge in [0.25, 0.3) is 0 Å². The minimum atomic E-state index is -1.34. The molecule has 0 atom stereocenters. The van der Waals surface area contributed by atoms with E-state index in [-0.39, 0.29) is 16.4 Å². The maximum Gasteiger partial charge on any atom is 0.166 e. The summed E-state index contributed by atoms with van der Waals surface area (Å²) < 4.78 is 0. The quantitative estimate of drug-likeness (QED) is 0.763. The number of carboxylic acid groups (broad SMARTS) is 1. The fourth-order valence-electron chi connectivity index (χ4n) is 1.55. The molecule has 0 bridgehead atoms. The van der Waals surface area contributed by atoms with Crippen LogP contribution in [0.15, 0.2) is 12.1 Å². The van der Waals surface area contributed by atoms with E-state index in [0.29, 0.717) is 24.2 Å². The molecule has 1 aliphatic rings. The summed E-state index contributed by atoms with van der Waals surface area (Å²) in [7, 11) is 0. The number of fused-ring (bicyclic) bond motifs is 1.